The Labute approximate surface area is 221 Å². The van der Waals surface area contributed by atoms with Gasteiger partial charge in [-0.15, -0.1) is 17.3 Å². The maximum atomic E-state index is 11.9. The molecule has 0 amide bonds. The van der Waals surface area contributed by atoms with Crippen molar-refractivity contribution in [2.45, 2.75) is 37.7 Å². The smallest absolute Gasteiger partial charge is 0.175 e. The lowest BCUT2D eigenvalue weighted by Gasteiger charge is -2.12. The quantitative estimate of drug-likeness (QED) is 0.101. The lowest BCUT2D eigenvalue weighted by atomic mass is 9.95. The van der Waals surface area contributed by atoms with Gasteiger partial charge in [-0.2, -0.15) is 5.10 Å². The van der Waals surface area contributed by atoms with Crippen LogP contribution in [-0.2, 0) is 16.4 Å². The van der Waals surface area contributed by atoms with Gasteiger partial charge in [-0.25, -0.2) is 8.42 Å². The molecule has 0 fully saturated rings. The van der Waals surface area contributed by atoms with E-state index in [2.05, 4.69) is 40.5 Å². The third-order valence-corrected chi connectivity index (χ3v) is 8.21. The maximum Gasteiger partial charge on any atom is 0.175 e. The molecule has 37 heavy (non-hydrogen) atoms. The molecule has 0 saturated carbocycles. The molecule has 0 bridgehead atoms. The predicted molar refractivity (Wildman–Crippen MR) is 152 cm³/mol. The van der Waals surface area contributed by atoms with Gasteiger partial charge in [-0.05, 0) is 77.9 Å². The first-order valence-electron chi connectivity index (χ1n) is 11.7. The van der Waals surface area contributed by atoms with E-state index >= 15 is 0 Å². The number of hydrogen-bond acceptors (Lipinski definition) is 6. The van der Waals surface area contributed by atoms with Crippen molar-refractivity contribution < 1.29 is 13.2 Å². The van der Waals surface area contributed by atoms with Gasteiger partial charge in [0.2, 0.25) is 0 Å². The third kappa shape index (κ3) is 6.13. The number of hydrogen-bond donors (Lipinski definition) is 2. The molecule has 1 atom stereocenters. The average Bonchev–Trinajstić information content (AvgIpc) is 3.30. The zero-order chi connectivity index (χ0) is 26.6. The normalized spacial score (nSPS) is 12.7. The van der Waals surface area contributed by atoms with E-state index in [1.807, 2.05) is 37.3 Å². The molecule has 0 radical (unpaired) electrons. The molecule has 8 heteroatoms. The van der Waals surface area contributed by atoms with Crippen LogP contribution >= 0.6 is 11.3 Å². The van der Waals surface area contributed by atoms with E-state index in [-0.39, 0.29) is 5.92 Å². The molecular weight excluding hydrogens is 502 g/mol. The summed E-state index contributed by atoms with van der Waals surface area (Å²) in [5.41, 5.74) is 10.9. The fourth-order valence-corrected chi connectivity index (χ4v) is 5.84. The standard InChI is InChI=1S/C29H29N3O3S2/c1-4-5-22(16-29(30)32-31)21-7-9-23(10-8-21)35-17-20-6-13-28-26(15-20)27(18-36-28)25-12-11-24(14-19(25)2)37(3,33)34/h6-15,18,22H,16-17,31H2,1-3H3,(H2,30,32)/t22-/m0/s1. The zero-order valence-corrected chi connectivity index (χ0v) is 22.6. The number of aryl methyl sites for hydroxylation is 1. The van der Waals surface area contributed by atoms with Crippen molar-refractivity contribution >= 4 is 37.1 Å². The zero-order valence-electron chi connectivity index (χ0n) is 21.0. The summed E-state index contributed by atoms with van der Waals surface area (Å²) >= 11 is 1.67. The number of thiophene rings is 1. The number of fused-ring (bicyclic) bond motifs is 1. The second kappa shape index (κ2) is 11.1. The Bertz CT molecular complexity index is 1630. The van der Waals surface area contributed by atoms with Crippen LogP contribution in [0.3, 0.4) is 0 Å². The monoisotopic (exact) mass is 531 g/mol. The molecule has 0 aliphatic carbocycles. The number of benzene rings is 3. The highest BCUT2D eigenvalue weighted by molar-refractivity contribution is 7.90. The predicted octanol–water partition coefficient (Wildman–Crippen LogP) is 5.59. The van der Waals surface area contributed by atoms with E-state index in [1.165, 1.54) is 6.26 Å². The minimum absolute atomic E-state index is 0.0827. The van der Waals surface area contributed by atoms with Crippen molar-refractivity contribution in [3.8, 4) is 28.7 Å². The molecule has 0 spiro atoms. The minimum atomic E-state index is -3.25. The van der Waals surface area contributed by atoms with Crippen LogP contribution in [0.2, 0.25) is 0 Å². The van der Waals surface area contributed by atoms with Crippen LogP contribution in [0.15, 0.2) is 76.0 Å². The first kappa shape index (κ1) is 26.3. The lowest BCUT2D eigenvalue weighted by molar-refractivity contribution is 0.306. The molecular formula is C29H29N3O3S2. The fraction of sp³-hybridized carbons (Fsp3) is 0.207. The molecule has 1 aromatic heterocycles. The second-order valence-corrected chi connectivity index (χ2v) is 11.8. The summed E-state index contributed by atoms with van der Waals surface area (Å²) in [5.74, 6) is 12.4. The molecule has 0 saturated heterocycles. The summed E-state index contributed by atoms with van der Waals surface area (Å²) in [5, 5.41) is 6.80. The lowest BCUT2D eigenvalue weighted by Crippen LogP contribution is -2.17. The summed E-state index contributed by atoms with van der Waals surface area (Å²) in [6, 6.07) is 19.4. The van der Waals surface area contributed by atoms with Gasteiger partial charge >= 0.3 is 0 Å². The van der Waals surface area contributed by atoms with Gasteiger partial charge in [0.15, 0.2) is 9.84 Å². The van der Waals surface area contributed by atoms with Gasteiger partial charge in [0, 0.05) is 28.3 Å². The van der Waals surface area contributed by atoms with E-state index < -0.39 is 9.84 Å². The van der Waals surface area contributed by atoms with E-state index in [4.69, 9.17) is 16.3 Å². The van der Waals surface area contributed by atoms with E-state index in [9.17, 15) is 8.42 Å². The number of hydrazone groups is 1. The molecule has 3 aromatic carbocycles. The molecule has 0 aliphatic heterocycles. The van der Waals surface area contributed by atoms with Crippen LogP contribution in [0.25, 0.3) is 21.2 Å². The minimum Gasteiger partial charge on any atom is -0.489 e. The molecule has 190 valence electrons. The van der Waals surface area contributed by atoms with Gasteiger partial charge in [-0.1, -0.05) is 30.2 Å². The van der Waals surface area contributed by atoms with Gasteiger partial charge in [0.25, 0.3) is 0 Å². The second-order valence-electron chi connectivity index (χ2n) is 8.86. The highest BCUT2D eigenvalue weighted by Gasteiger charge is 2.14. The summed E-state index contributed by atoms with van der Waals surface area (Å²) in [6.45, 7) is 4.15. The van der Waals surface area contributed by atoms with E-state index in [1.54, 1.807) is 30.4 Å². The maximum absolute atomic E-state index is 11.9. The van der Waals surface area contributed by atoms with Crippen LogP contribution in [-0.4, -0.2) is 20.5 Å². The molecule has 1 heterocycles. The number of rotatable bonds is 8. The Balaban J connectivity index is 1.53. The van der Waals surface area contributed by atoms with Crippen molar-refractivity contribution in [2.75, 3.05) is 6.26 Å². The van der Waals surface area contributed by atoms with Crippen LogP contribution < -0.4 is 16.3 Å². The first-order chi connectivity index (χ1) is 17.7. The largest absolute Gasteiger partial charge is 0.489 e. The Morgan fingerprint density at radius 2 is 1.84 bits per heavy atom. The first-order valence-corrected chi connectivity index (χ1v) is 14.4. The van der Waals surface area contributed by atoms with Crippen molar-refractivity contribution in [1.82, 2.24) is 0 Å². The molecule has 6 nitrogen and oxygen atoms in total. The Morgan fingerprint density at radius 1 is 1.08 bits per heavy atom. The molecule has 4 N–H and O–H groups in total. The number of sulfone groups is 1. The van der Waals surface area contributed by atoms with Gasteiger partial charge < -0.3 is 16.3 Å². The average molecular weight is 532 g/mol. The van der Waals surface area contributed by atoms with Gasteiger partial charge in [0.1, 0.15) is 18.2 Å². The summed E-state index contributed by atoms with van der Waals surface area (Å²) in [7, 11) is -3.25. The van der Waals surface area contributed by atoms with Crippen molar-refractivity contribution in [1.29, 1.82) is 0 Å². The Kier molecular flexibility index (Phi) is 7.86. The van der Waals surface area contributed by atoms with Gasteiger partial charge in [0.05, 0.1) is 10.8 Å². The van der Waals surface area contributed by atoms with Crippen LogP contribution in [0, 0.1) is 18.8 Å². The number of nitrogens with zero attached hydrogens (tertiary/aromatic N) is 1. The van der Waals surface area contributed by atoms with Gasteiger partial charge in [-0.3, -0.25) is 0 Å². The Morgan fingerprint density at radius 3 is 2.49 bits per heavy atom. The summed E-state index contributed by atoms with van der Waals surface area (Å²) in [4.78, 5) is 0.331. The number of nitrogens with two attached hydrogens (primary N) is 2. The van der Waals surface area contributed by atoms with Crippen LogP contribution in [0.4, 0.5) is 0 Å². The van der Waals surface area contributed by atoms with Crippen molar-refractivity contribution in [3.05, 3.63) is 82.7 Å². The number of amidine groups is 1. The van der Waals surface area contributed by atoms with E-state index in [0.717, 1.165) is 43.7 Å². The van der Waals surface area contributed by atoms with Crippen molar-refractivity contribution in [3.63, 3.8) is 0 Å². The summed E-state index contributed by atoms with van der Waals surface area (Å²) in [6.07, 6.45) is 1.70. The van der Waals surface area contributed by atoms with Crippen molar-refractivity contribution in [2.24, 2.45) is 16.7 Å². The topological polar surface area (TPSA) is 108 Å². The summed E-state index contributed by atoms with van der Waals surface area (Å²) < 4.78 is 31.1. The fourth-order valence-electron chi connectivity index (χ4n) is 4.19. The number of ether oxygens (including phenoxy) is 1. The molecule has 0 unspecified atom stereocenters. The highest BCUT2D eigenvalue weighted by Crippen LogP contribution is 2.37. The van der Waals surface area contributed by atoms with Crippen LogP contribution in [0.1, 0.15) is 36.0 Å². The molecule has 4 aromatic rings. The Hall–Kier alpha value is -3.80. The highest BCUT2D eigenvalue weighted by atomic mass is 32.2. The van der Waals surface area contributed by atoms with E-state index in [0.29, 0.717) is 23.8 Å². The molecule has 4 rings (SSSR count). The molecule has 0 aliphatic rings. The SMILES string of the molecule is CC#C[C@@H](C/C(N)=N/N)c1ccc(OCc2ccc3scc(-c4ccc(S(C)(=O)=O)cc4C)c3c2)cc1. The van der Waals surface area contributed by atoms with Crippen LogP contribution in [0.5, 0.6) is 5.75 Å². The third-order valence-electron chi connectivity index (χ3n) is 6.14.